The maximum atomic E-state index is 12.5. The first-order valence-electron chi connectivity index (χ1n) is 9.23. The standard InChI is InChI=1S/C22H25N5O/c1-16-24-20(22(28)23-14-13-17-7-5-4-6-8-17)15-21(25-16)26-18-9-11-19(12-10-18)27(2)3/h4-12,15H,13-14H2,1-3H3,(H,23,28)(H,24,25,26). The molecular formula is C22H25N5O. The average Bonchev–Trinajstić information content (AvgIpc) is 2.68. The van der Waals surface area contributed by atoms with Crippen LogP contribution in [-0.2, 0) is 6.42 Å². The number of nitrogens with zero attached hydrogens (tertiary/aromatic N) is 3. The third-order valence-electron chi connectivity index (χ3n) is 4.27. The van der Waals surface area contributed by atoms with Gasteiger partial charge in [-0.1, -0.05) is 30.3 Å². The molecule has 0 bridgehead atoms. The van der Waals surface area contributed by atoms with E-state index >= 15 is 0 Å². The van der Waals surface area contributed by atoms with Gasteiger partial charge >= 0.3 is 0 Å². The van der Waals surface area contributed by atoms with Gasteiger partial charge in [-0.3, -0.25) is 4.79 Å². The number of anilines is 3. The minimum atomic E-state index is -0.201. The van der Waals surface area contributed by atoms with Crippen LogP contribution in [0.3, 0.4) is 0 Å². The fourth-order valence-corrected chi connectivity index (χ4v) is 2.79. The van der Waals surface area contributed by atoms with Gasteiger partial charge in [-0.25, -0.2) is 9.97 Å². The van der Waals surface area contributed by atoms with Gasteiger partial charge in [-0.05, 0) is 43.2 Å². The maximum absolute atomic E-state index is 12.5. The van der Waals surface area contributed by atoms with Gasteiger partial charge in [-0.15, -0.1) is 0 Å². The second-order valence-corrected chi connectivity index (χ2v) is 6.74. The molecule has 3 rings (SSSR count). The Morgan fingerprint density at radius 2 is 1.71 bits per heavy atom. The molecule has 2 aromatic carbocycles. The van der Waals surface area contributed by atoms with Gasteiger partial charge in [0.25, 0.3) is 5.91 Å². The van der Waals surface area contributed by atoms with E-state index in [-0.39, 0.29) is 5.91 Å². The first-order chi connectivity index (χ1) is 13.5. The molecule has 1 heterocycles. The van der Waals surface area contributed by atoms with Crippen molar-refractivity contribution in [2.45, 2.75) is 13.3 Å². The summed E-state index contributed by atoms with van der Waals surface area (Å²) in [6, 6.07) is 19.7. The number of aryl methyl sites for hydroxylation is 1. The van der Waals surface area contributed by atoms with Gasteiger partial charge in [0.05, 0.1) is 0 Å². The smallest absolute Gasteiger partial charge is 0.270 e. The third-order valence-corrected chi connectivity index (χ3v) is 4.27. The molecule has 144 valence electrons. The lowest BCUT2D eigenvalue weighted by molar-refractivity contribution is 0.0949. The molecule has 0 fully saturated rings. The molecule has 1 amide bonds. The molecule has 0 saturated heterocycles. The summed E-state index contributed by atoms with van der Waals surface area (Å²) in [6.45, 7) is 2.34. The highest BCUT2D eigenvalue weighted by Gasteiger charge is 2.10. The summed E-state index contributed by atoms with van der Waals surface area (Å²) < 4.78 is 0. The quantitative estimate of drug-likeness (QED) is 0.661. The summed E-state index contributed by atoms with van der Waals surface area (Å²) in [5.74, 6) is 0.939. The SMILES string of the molecule is Cc1nc(Nc2ccc(N(C)C)cc2)cc(C(=O)NCCc2ccccc2)n1. The predicted octanol–water partition coefficient (Wildman–Crippen LogP) is 3.57. The molecule has 0 atom stereocenters. The summed E-state index contributed by atoms with van der Waals surface area (Å²) in [6.07, 6.45) is 0.778. The van der Waals surface area contributed by atoms with Crippen LogP contribution in [0.25, 0.3) is 0 Å². The number of aromatic nitrogens is 2. The van der Waals surface area contributed by atoms with E-state index in [1.54, 1.807) is 13.0 Å². The summed E-state index contributed by atoms with van der Waals surface area (Å²) in [5, 5.41) is 6.16. The summed E-state index contributed by atoms with van der Waals surface area (Å²) >= 11 is 0. The van der Waals surface area contributed by atoms with Crippen molar-refractivity contribution in [3.63, 3.8) is 0 Å². The number of benzene rings is 2. The third kappa shape index (κ3) is 5.30. The van der Waals surface area contributed by atoms with Crippen LogP contribution in [0.1, 0.15) is 21.9 Å². The van der Waals surface area contributed by atoms with Crippen LogP contribution in [0.15, 0.2) is 60.7 Å². The van der Waals surface area contributed by atoms with Crippen molar-refractivity contribution in [2.75, 3.05) is 30.9 Å². The normalized spacial score (nSPS) is 10.4. The van der Waals surface area contributed by atoms with E-state index in [0.717, 1.165) is 17.8 Å². The molecule has 0 aliphatic heterocycles. The number of carbonyl (C=O) groups is 1. The number of hydrogen-bond acceptors (Lipinski definition) is 5. The van der Waals surface area contributed by atoms with Crippen molar-refractivity contribution in [1.29, 1.82) is 0 Å². The van der Waals surface area contributed by atoms with Crippen LogP contribution in [-0.4, -0.2) is 36.5 Å². The average molecular weight is 375 g/mol. The molecule has 3 aromatic rings. The van der Waals surface area contributed by atoms with Gasteiger partial charge in [0.15, 0.2) is 0 Å². The monoisotopic (exact) mass is 375 g/mol. The lowest BCUT2D eigenvalue weighted by Gasteiger charge is -2.13. The van der Waals surface area contributed by atoms with Crippen LogP contribution in [0.2, 0.25) is 0 Å². The molecular weight excluding hydrogens is 350 g/mol. The van der Waals surface area contributed by atoms with Crippen LogP contribution in [0, 0.1) is 6.92 Å². The lowest BCUT2D eigenvalue weighted by Crippen LogP contribution is -2.27. The Bertz CT molecular complexity index is 923. The number of nitrogens with one attached hydrogen (secondary N) is 2. The van der Waals surface area contributed by atoms with Crippen LogP contribution in [0.4, 0.5) is 17.2 Å². The lowest BCUT2D eigenvalue weighted by atomic mass is 10.1. The number of carbonyl (C=O) groups excluding carboxylic acids is 1. The molecule has 6 nitrogen and oxygen atoms in total. The van der Waals surface area contributed by atoms with Crippen LogP contribution < -0.4 is 15.5 Å². The van der Waals surface area contributed by atoms with Crippen molar-refractivity contribution in [3.8, 4) is 0 Å². The Morgan fingerprint density at radius 3 is 2.39 bits per heavy atom. The Labute approximate surface area is 165 Å². The highest BCUT2D eigenvalue weighted by molar-refractivity contribution is 5.93. The van der Waals surface area contributed by atoms with E-state index in [2.05, 4.69) is 20.6 Å². The van der Waals surface area contributed by atoms with Crippen LogP contribution in [0.5, 0.6) is 0 Å². The van der Waals surface area contributed by atoms with Crippen molar-refractivity contribution in [2.24, 2.45) is 0 Å². The fourth-order valence-electron chi connectivity index (χ4n) is 2.79. The van der Waals surface area contributed by atoms with E-state index in [4.69, 9.17) is 0 Å². The van der Waals surface area contributed by atoms with Gasteiger partial charge in [-0.2, -0.15) is 0 Å². The molecule has 0 unspecified atom stereocenters. The molecule has 0 aliphatic carbocycles. The first kappa shape index (κ1) is 19.4. The molecule has 28 heavy (non-hydrogen) atoms. The van der Waals surface area contributed by atoms with Gasteiger partial charge in [0, 0.05) is 38.1 Å². The Kier molecular flexibility index (Phi) is 6.22. The van der Waals surface area contributed by atoms with Crippen LogP contribution >= 0.6 is 0 Å². The van der Waals surface area contributed by atoms with Crippen molar-refractivity contribution in [1.82, 2.24) is 15.3 Å². The number of rotatable bonds is 7. The van der Waals surface area contributed by atoms with Gasteiger partial charge < -0.3 is 15.5 Å². The zero-order valence-electron chi connectivity index (χ0n) is 16.4. The molecule has 0 spiro atoms. The van der Waals surface area contributed by atoms with E-state index in [1.807, 2.05) is 73.6 Å². The topological polar surface area (TPSA) is 70.2 Å². The second-order valence-electron chi connectivity index (χ2n) is 6.74. The molecule has 6 heteroatoms. The molecule has 2 N–H and O–H groups in total. The minimum Gasteiger partial charge on any atom is -0.378 e. The Morgan fingerprint density at radius 1 is 1.00 bits per heavy atom. The number of amides is 1. The molecule has 0 saturated carbocycles. The molecule has 0 aliphatic rings. The summed E-state index contributed by atoms with van der Waals surface area (Å²) in [5.41, 5.74) is 3.56. The minimum absolute atomic E-state index is 0.201. The highest BCUT2D eigenvalue weighted by Crippen LogP contribution is 2.19. The Balaban J connectivity index is 1.64. The van der Waals surface area contributed by atoms with Gasteiger partial charge in [0.1, 0.15) is 17.3 Å². The van der Waals surface area contributed by atoms with Crippen molar-refractivity contribution < 1.29 is 4.79 Å². The maximum Gasteiger partial charge on any atom is 0.270 e. The predicted molar refractivity (Wildman–Crippen MR) is 113 cm³/mol. The van der Waals surface area contributed by atoms with E-state index in [9.17, 15) is 4.79 Å². The van der Waals surface area contributed by atoms with Crippen molar-refractivity contribution >= 4 is 23.1 Å². The van der Waals surface area contributed by atoms with E-state index < -0.39 is 0 Å². The second kappa shape index (κ2) is 8.99. The largest absolute Gasteiger partial charge is 0.378 e. The highest BCUT2D eigenvalue weighted by atomic mass is 16.1. The first-order valence-corrected chi connectivity index (χ1v) is 9.23. The van der Waals surface area contributed by atoms with Gasteiger partial charge in [0.2, 0.25) is 0 Å². The zero-order valence-corrected chi connectivity index (χ0v) is 16.4. The summed E-state index contributed by atoms with van der Waals surface area (Å²) in [7, 11) is 4.00. The van der Waals surface area contributed by atoms with E-state index in [1.165, 1.54) is 5.56 Å². The van der Waals surface area contributed by atoms with Crippen molar-refractivity contribution in [3.05, 3.63) is 77.7 Å². The molecule has 1 aromatic heterocycles. The Hall–Kier alpha value is -3.41. The zero-order chi connectivity index (χ0) is 19.9. The fraction of sp³-hybridized carbons (Fsp3) is 0.227. The summed E-state index contributed by atoms with van der Waals surface area (Å²) in [4.78, 5) is 23.2. The van der Waals surface area contributed by atoms with E-state index in [0.29, 0.717) is 23.9 Å². The number of hydrogen-bond donors (Lipinski definition) is 2. The molecule has 0 radical (unpaired) electrons.